The van der Waals surface area contributed by atoms with Gasteiger partial charge in [0.2, 0.25) is 0 Å². The van der Waals surface area contributed by atoms with E-state index in [9.17, 15) is 0 Å². The Morgan fingerprint density at radius 3 is 1.77 bits per heavy atom. The first-order chi connectivity index (χ1) is 6.24. The minimum absolute atomic E-state index is 0.870. The maximum Gasteiger partial charge on any atom is 0.0537 e. The standard InChI is InChI=1S/C12H24Si/c1-5-9-10-11-12-13(6-2,7-3)8-4/h5-8,11-12H2,1-4H3. The molecule has 0 fully saturated rings. The van der Waals surface area contributed by atoms with Crippen molar-refractivity contribution < 1.29 is 0 Å². The molecule has 0 aromatic rings. The Morgan fingerprint density at radius 1 is 0.846 bits per heavy atom. The fraction of sp³-hybridized carbons (Fsp3) is 0.833. The Bertz CT molecular complexity index is 161. The van der Waals surface area contributed by atoms with E-state index < -0.39 is 8.07 Å². The van der Waals surface area contributed by atoms with Crippen LogP contribution in [0.1, 0.15) is 40.5 Å². The van der Waals surface area contributed by atoms with Crippen molar-refractivity contribution >= 4 is 8.07 Å². The van der Waals surface area contributed by atoms with Gasteiger partial charge in [-0.3, -0.25) is 0 Å². The van der Waals surface area contributed by atoms with Gasteiger partial charge in [-0.1, -0.05) is 45.8 Å². The summed E-state index contributed by atoms with van der Waals surface area (Å²) in [5, 5.41) is 0. The summed E-state index contributed by atoms with van der Waals surface area (Å²) in [4.78, 5) is 0. The molecular weight excluding hydrogens is 172 g/mol. The second-order valence-electron chi connectivity index (χ2n) is 3.77. The van der Waals surface area contributed by atoms with E-state index in [1.165, 1.54) is 24.2 Å². The largest absolute Gasteiger partial charge is 0.104 e. The first-order valence-electron chi connectivity index (χ1n) is 5.70. The Balaban J connectivity index is 3.95. The molecule has 13 heavy (non-hydrogen) atoms. The van der Waals surface area contributed by atoms with Crippen molar-refractivity contribution in [1.82, 2.24) is 0 Å². The van der Waals surface area contributed by atoms with Gasteiger partial charge in [0.05, 0.1) is 8.07 Å². The molecule has 76 valence electrons. The normalized spacial score (nSPS) is 10.8. The van der Waals surface area contributed by atoms with Crippen LogP contribution in [0.5, 0.6) is 0 Å². The van der Waals surface area contributed by atoms with Crippen molar-refractivity contribution in [1.29, 1.82) is 0 Å². The third-order valence-corrected chi connectivity index (χ3v) is 9.14. The van der Waals surface area contributed by atoms with Crippen LogP contribution >= 0.6 is 0 Å². The zero-order valence-electron chi connectivity index (χ0n) is 9.74. The quantitative estimate of drug-likeness (QED) is 0.454. The van der Waals surface area contributed by atoms with Crippen molar-refractivity contribution in [2.45, 2.75) is 64.7 Å². The highest BCUT2D eigenvalue weighted by atomic mass is 28.3. The molecule has 0 aliphatic rings. The molecule has 0 nitrogen and oxygen atoms in total. The lowest BCUT2D eigenvalue weighted by atomic mass is 10.4. The van der Waals surface area contributed by atoms with Gasteiger partial charge in [0.25, 0.3) is 0 Å². The fourth-order valence-corrected chi connectivity index (χ4v) is 5.04. The van der Waals surface area contributed by atoms with E-state index in [4.69, 9.17) is 0 Å². The Kier molecular flexibility index (Phi) is 7.08. The summed E-state index contributed by atoms with van der Waals surface area (Å²) in [5.41, 5.74) is 0. The van der Waals surface area contributed by atoms with Gasteiger partial charge in [-0.25, -0.2) is 0 Å². The summed E-state index contributed by atoms with van der Waals surface area (Å²) in [6.07, 6.45) is 2.16. The summed E-state index contributed by atoms with van der Waals surface area (Å²) in [6, 6.07) is 5.74. The Morgan fingerprint density at radius 2 is 1.38 bits per heavy atom. The molecule has 0 atom stereocenters. The van der Waals surface area contributed by atoms with Gasteiger partial charge in [-0.15, -0.1) is 11.8 Å². The Labute approximate surface area is 85.1 Å². The molecule has 0 radical (unpaired) electrons. The zero-order valence-corrected chi connectivity index (χ0v) is 10.7. The lowest BCUT2D eigenvalue weighted by Crippen LogP contribution is -2.30. The maximum atomic E-state index is 3.28. The molecule has 0 saturated heterocycles. The first kappa shape index (κ1) is 12.8. The van der Waals surface area contributed by atoms with E-state index in [1.54, 1.807) is 0 Å². The van der Waals surface area contributed by atoms with E-state index in [1.807, 2.05) is 0 Å². The third-order valence-electron chi connectivity index (χ3n) is 3.33. The van der Waals surface area contributed by atoms with Gasteiger partial charge in [0.1, 0.15) is 0 Å². The third kappa shape index (κ3) is 4.52. The van der Waals surface area contributed by atoms with Crippen molar-refractivity contribution in [3.05, 3.63) is 0 Å². The molecule has 0 aromatic carbocycles. The maximum absolute atomic E-state index is 3.28. The van der Waals surface area contributed by atoms with Crippen LogP contribution in [0.3, 0.4) is 0 Å². The predicted molar refractivity (Wildman–Crippen MR) is 64.7 cm³/mol. The van der Waals surface area contributed by atoms with Crippen molar-refractivity contribution in [2.24, 2.45) is 0 Å². The first-order valence-corrected chi connectivity index (χ1v) is 8.53. The van der Waals surface area contributed by atoms with E-state index >= 15 is 0 Å². The molecule has 0 bridgehead atoms. The molecule has 0 aliphatic carbocycles. The highest BCUT2D eigenvalue weighted by Crippen LogP contribution is 2.25. The molecule has 1 heteroatoms. The number of rotatable bonds is 5. The molecule has 0 N–H and O–H groups in total. The zero-order chi connectivity index (χ0) is 10.2. The van der Waals surface area contributed by atoms with E-state index in [2.05, 4.69) is 39.5 Å². The second kappa shape index (κ2) is 7.21. The molecule has 0 aliphatic heterocycles. The lowest BCUT2D eigenvalue weighted by molar-refractivity contribution is 1.07. The van der Waals surface area contributed by atoms with Crippen LogP contribution in [0.15, 0.2) is 0 Å². The smallest absolute Gasteiger partial charge is 0.0537 e. The minimum Gasteiger partial charge on any atom is -0.104 e. The van der Waals surface area contributed by atoms with Crippen LogP contribution in [0.2, 0.25) is 24.2 Å². The van der Waals surface area contributed by atoms with Crippen molar-refractivity contribution in [2.75, 3.05) is 0 Å². The topological polar surface area (TPSA) is 0 Å². The van der Waals surface area contributed by atoms with E-state index in [0.717, 1.165) is 12.8 Å². The van der Waals surface area contributed by atoms with Gasteiger partial charge in [-0.2, -0.15) is 0 Å². The fourth-order valence-electron chi connectivity index (χ4n) is 1.82. The van der Waals surface area contributed by atoms with Crippen LogP contribution in [0.25, 0.3) is 0 Å². The summed E-state index contributed by atoms with van der Waals surface area (Å²) in [5.74, 6) is 6.44. The van der Waals surface area contributed by atoms with Crippen LogP contribution in [0, 0.1) is 11.8 Å². The summed E-state index contributed by atoms with van der Waals surface area (Å²) in [7, 11) is -0.870. The molecule has 0 amide bonds. The molecule has 0 aromatic heterocycles. The van der Waals surface area contributed by atoms with E-state index in [0.29, 0.717) is 0 Å². The lowest BCUT2D eigenvalue weighted by Gasteiger charge is -2.26. The summed E-state index contributed by atoms with van der Waals surface area (Å²) < 4.78 is 0. The summed E-state index contributed by atoms with van der Waals surface area (Å²) >= 11 is 0. The highest BCUT2D eigenvalue weighted by molar-refractivity contribution is 6.79. The van der Waals surface area contributed by atoms with Gasteiger partial charge in [-0.05, 0) is 6.04 Å². The van der Waals surface area contributed by atoms with Gasteiger partial charge in [0, 0.05) is 12.8 Å². The van der Waals surface area contributed by atoms with E-state index in [-0.39, 0.29) is 0 Å². The average molecular weight is 196 g/mol. The summed E-state index contributed by atoms with van der Waals surface area (Å²) in [6.45, 7) is 9.22. The predicted octanol–water partition coefficient (Wildman–Crippen LogP) is 4.30. The number of hydrogen-bond donors (Lipinski definition) is 0. The molecular formula is C12H24Si. The SMILES string of the molecule is CCC#CCC[Si](CC)(CC)CC. The molecule has 0 saturated carbocycles. The second-order valence-corrected chi connectivity index (χ2v) is 9.39. The van der Waals surface area contributed by atoms with Crippen LogP contribution in [0.4, 0.5) is 0 Å². The average Bonchev–Trinajstić information content (AvgIpc) is 2.20. The van der Waals surface area contributed by atoms with Crippen molar-refractivity contribution in [3.8, 4) is 11.8 Å². The Hall–Kier alpha value is -0.223. The van der Waals surface area contributed by atoms with Crippen LogP contribution in [-0.4, -0.2) is 8.07 Å². The van der Waals surface area contributed by atoms with Gasteiger partial charge < -0.3 is 0 Å². The van der Waals surface area contributed by atoms with Gasteiger partial charge >= 0.3 is 0 Å². The molecule has 0 rings (SSSR count). The van der Waals surface area contributed by atoms with Crippen molar-refractivity contribution in [3.63, 3.8) is 0 Å². The molecule has 0 spiro atoms. The minimum atomic E-state index is -0.870. The van der Waals surface area contributed by atoms with Crippen LogP contribution < -0.4 is 0 Å². The van der Waals surface area contributed by atoms with Gasteiger partial charge in [0.15, 0.2) is 0 Å². The van der Waals surface area contributed by atoms with Crippen LogP contribution in [-0.2, 0) is 0 Å². The highest BCUT2D eigenvalue weighted by Gasteiger charge is 2.25. The molecule has 0 unspecified atom stereocenters. The molecule has 0 heterocycles. The monoisotopic (exact) mass is 196 g/mol. The number of hydrogen-bond acceptors (Lipinski definition) is 0.